The van der Waals surface area contributed by atoms with Gasteiger partial charge in [-0.3, -0.25) is 0 Å². The van der Waals surface area contributed by atoms with Crippen LogP contribution in [0, 0.1) is 0 Å². The van der Waals surface area contributed by atoms with Crippen molar-refractivity contribution in [1.29, 1.82) is 0 Å². The lowest BCUT2D eigenvalue weighted by atomic mass is 10.1. The highest BCUT2D eigenvalue weighted by Crippen LogP contribution is 2.18. The average molecular weight is 125 g/mol. The third kappa shape index (κ3) is 1.26. The summed E-state index contributed by atoms with van der Waals surface area (Å²) in [5.41, 5.74) is 3.03. The first-order valence-corrected chi connectivity index (χ1v) is 3.59. The highest BCUT2D eigenvalue weighted by atomic mass is 15.1. The number of hydrogen-bond acceptors (Lipinski definition) is 1. The van der Waals surface area contributed by atoms with Gasteiger partial charge in [-0.05, 0) is 26.7 Å². The van der Waals surface area contributed by atoms with Gasteiger partial charge >= 0.3 is 0 Å². The Hall–Kier alpha value is -0.460. The van der Waals surface area contributed by atoms with Crippen molar-refractivity contribution in [2.75, 3.05) is 13.6 Å². The Morgan fingerprint density at radius 3 is 2.44 bits per heavy atom. The molecule has 0 saturated heterocycles. The van der Waals surface area contributed by atoms with Crippen LogP contribution in [0.3, 0.4) is 0 Å². The first-order chi connectivity index (χ1) is 4.22. The van der Waals surface area contributed by atoms with Crippen LogP contribution in [0.4, 0.5) is 0 Å². The van der Waals surface area contributed by atoms with E-state index in [1.165, 1.54) is 25.1 Å². The van der Waals surface area contributed by atoms with E-state index < -0.39 is 0 Å². The van der Waals surface area contributed by atoms with Crippen LogP contribution in [0.2, 0.25) is 0 Å². The fourth-order valence-corrected chi connectivity index (χ4v) is 1.26. The summed E-state index contributed by atoms with van der Waals surface area (Å²) >= 11 is 0. The van der Waals surface area contributed by atoms with Crippen molar-refractivity contribution < 1.29 is 0 Å². The molecule has 0 aliphatic carbocycles. The Kier molecular flexibility index (Phi) is 1.79. The Balaban J connectivity index is 2.72. The van der Waals surface area contributed by atoms with E-state index >= 15 is 0 Å². The molecule has 0 bridgehead atoms. The van der Waals surface area contributed by atoms with Gasteiger partial charge in [0.05, 0.1) is 0 Å². The van der Waals surface area contributed by atoms with Crippen molar-refractivity contribution in [3.63, 3.8) is 0 Å². The SMILES string of the molecule is CC1=C(C)N(C)CCC1. The maximum Gasteiger partial charge on any atom is 0.0174 e. The van der Waals surface area contributed by atoms with Crippen molar-refractivity contribution in [2.24, 2.45) is 0 Å². The van der Waals surface area contributed by atoms with Gasteiger partial charge in [0, 0.05) is 19.3 Å². The summed E-state index contributed by atoms with van der Waals surface area (Å²) in [5.74, 6) is 0. The second kappa shape index (κ2) is 2.42. The summed E-state index contributed by atoms with van der Waals surface area (Å²) in [6.07, 6.45) is 2.63. The molecular weight excluding hydrogens is 110 g/mol. The highest BCUT2D eigenvalue weighted by molar-refractivity contribution is 5.10. The Bertz CT molecular complexity index is 136. The minimum atomic E-state index is 1.24. The maximum absolute atomic E-state index is 2.33. The molecule has 1 heterocycles. The number of nitrogens with zero attached hydrogens (tertiary/aromatic N) is 1. The predicted octanol–water partition coefficient (Wildman–Crippen LogP) is 2.01. The monoisotopic (exact) mass is 125 g/mol. The fraction of sp³-hybridized carbons (Fsp3) is 0.750. The zero-order valence-electron chi connectivity index (χ0n) is 6.57. The van der Waals surface area contributed by atoms with Crippen molar-refractivity contribution in [3.05, 3.63) is 11.3 Å². The summed E-state index contributed by atoms with van der Waals surface area (Å²) in [7, 11) is 2.16. The third-order valence-electron chi connectivity index (χ3n) is 2.24. The molecule has 0 N–H and O–H groups in total. The van der Waals surface area contributed by atoms with E-state index in [1.807, 2.05) is 0 Å². The Morgan fingerprint density at radius 1 is 1.33 bits per heavy atom. The van der Waals surface area contributed by atoms with E-state index in [9.17, 15) is 0 Å². The normalized spacial score (nSPS) is 21.0. The van der Waals surface area contributed by atoms with Crippen LogP contribution in [-0.2, 0) is 0 Å². The van der Waals surface area contributed by atoms with E-state index in [0.29, 0.717) is 0 Å². The largest absolute Gasteiger partial charge is 0.378 e. The molecule has 1 aliphatic rings. The molecule has 1 aliphatic heterocycles. The van der Waals surface area contributed by atoms with Crippen LogP contribution in [0.15, 0.2) is 11.3 Å². The lowest BCUT2D eigenvalue weighted by Gasteiger charge is -2.26. The van der Waals surface area contributed by atoms with E-state index in [0.717, 1.165) is 0 Å². The first-order valence-electron chi connectivity index (χ1n) is 3.59. The van der Waals surface area contributed by atoms with Gasteiger partial charge in [0.25, 0.3) is 0 Å². The van der Waals surface area contributed by atoms with Gasteiger partial charge in [0.1, 0.15) is 0 Å². The Labute approximate surface area is 57.4 Å². The maximum atomic E-state index is 2.33. The van der Waals surface area contributed by atoms with Crippen LogP contribution >= 0.6 is 0 Å². The quantitative estimate of drug-likeness (QED) is 0.478. The Morgan fingerprint density at radius 2 is 2.00 bits per heavy atom. The molecule has 1 heteroatoms. The molecule has 0 amide bonds. The van der Waals surface area contributed by atoms with E-state index in [1.54, 1.807) is 5.57 Å². The fourth-order valence-electron chi connectivity index (χ4n) is 1.26. The van der Waals surface area contributed by atoms with Crippen LogP contribution in [-0.4, -0.2) is 18.5 Å². The summed E-state index contributed by atoms with van der Waals surface area (Å²) in [4.78, 5) is 2.33. The average Bonchev–Trinajstić information content (AvgIpc) is 1.83. The number of rotatable bonds is 0. The van der Waals surface area contributed by atoms with E-state index in [2.05, 4.69) is 25.8 Å². The zero-order valence-corrected chi connectivity index (χ0v) is 6.57. The second-order valence-corrected chi connectivity index (χ2v) is 2.89. The van der Waals surface area contributed by atoms with Crippen molar-refractivity contribution in [1.82, 2.24) is 4.90 Å². The van der Waals surface area contributed by atoms with Gasteiger partial charge in [-0.15, -0.1) is 0 Å². The van der Waals surface area contributed by atoms with Crippen LogP contribution in [0.25, 0.3) is 0 Å². The predicted molar refractivity (Wildman–Crippen MR) is 40.2 cm³/mol. The topological polar surface area (TPSA) is 3.24 Å². The summed E-state index contributed by atoms with van der Waals surface area (Å²) in [6.45, 7) is 5.67. The van der Waals surface area contributed by atoms with Gasteiger partial charge in [-0.1, -0.05) is 5.57 Å². The lowest BCUT2D eigenvalue weighted by Crippen LogP contribution is -2.22. The van der Waals surface area contributed by atoms with Gasteiger partial charge in [-0.25, -0.2) is 0 Å². The van der Waals surface area contributed by atoms with Crippen LogP contribution in [0.5, 0.6) is 0 Å². The minimum absolute atomic E-state index is 1.24. The van der Waals surface area contributed by atoms with Gasteiger partial charge in [0.2, 0.25) is 0 Å². The van der Waals surface area contributed by atoms with Gasteiger partial charge in [-0.2, -0.15) is 0 Å². The molecule has 1 rings (SSSR count). The number of hydrogen-bond donors (Lipinski definition) is 0. The molecule has 0 radical (unpaired) electrons. The minimum Gasteiger partial charge on any atom is -0.378 e. The third-order valence-corrected chi connectivity index (χ3v) is 2.24. The molecule has 0 aromatic carbocycles. The molecule has 1 nitrogen and oxygen atoms in total. The van der Waals surface area contributed by atoms with Crippen LogP contribution < -0.4 is 0 Å². The van der Waals surface area contributed by atoms with Gasteiger partial charge < -0.3 is 4.90 Å². The molecule has 0 saturated carbocycles. The standard InChI is InChI=1S/C8H15N/c1-7-5-4-6-9(3)8(7)2/h4-6H2,1-3H3. The molecule has 0 unspecified atom stereocenters. The van der Waals surface area contributed by atoms with E-state index in [-0.39, 0.29) is 0 Å². The molecular formula is C8H15N. The molecule has 0 atom stereocenters. The van der Waals surface area contributed by atoms with Crippen molar-refractivity contribution >= 4 is 0 Å². The molecule has 0 aromatic heterocycles. The molecule has 52 valence electrons. The summed E-state index contributed by atoms with van der Waals surface area (Å²) in [6, 6.07) is 0. The van der Waals surface area contributed by atoms with Crippen molar-refractivity contribution in [3.8, 4) is 0 Å². The molecule has 9 heavy (non-hydrogen) atoms. The molecule has 0 fully saturated rings. The first kappa shape index (κ1) is 6.66. The summed E-state index contributed by atoms with van der Waals surface area (Å²) < 4.78 is 0. The molecule has 0 aromatic rings. The molecule has 0 spiro atoms. The second-order valence-electron chi connectivity index (χ2n) is 2.89. The van der Waals surface area contributed by atoms with Crippen molar-refractivity contribution in [2.45, 2.75) is 26.7 Å². The highest BCUT2D eigenvalue weighted by Gasteiger charge is 2.08. The van der Waals surface area contributed by atoms with Gasteiger partial charge in [0.15, 0.2) is 0 Å². The lowest BCUT2D eigenvalue weighted by molar-refractivity contribution is 0.379. The smallest absolute Gasteiger partial charge is 0.0174 e. The summed E-state index contributed by atoms with van der Waals surface area (Å²) in [5, 5.41) is 0. The van der Waals surface area contributed by atoms with E-state index in [4.69, 9.17) is 0 Å². The van der Waals surface area contributed by atoms with Crippen LogP contribution in [0.1, 0.15) is 26.7 Å². The number of allylic oxidation sites excluding steroid dienone is 2. The zero-order chi connectivity index (χ0) is 6.85.